The maximum absolute atomic E-state index is 12.8. The molecule has 0 aromatic heterocycles. The maximum Gasteiger partial charge on any atom is 0.243 e. The second-order valence-corrected chi connectivity index (χ2v) is 7.33. The van der Waals surface area contributed by atoms with E-state index in [1.54, 1.807) is 28.6 Å². The van der Waals surface area contributed by atoms with E-state index in [4.69, 9.17) is 10.5 Å². The molecule has 6 heteroatoms. The molecule has 0 aliphatic carbocycles. The van der Waals surface area contributed by atoms with Crippen LogP contribution in [0.3, 0.4) is 0 Å². The number of ether oxygens (including phenoxy) is 1. The Balaban J connectivity index is 2.27. The highest BCUT2D eigenvalue weighted by Gasteiger charge is 2.35. The van der Waals surface area contributed by atoms with Gasteiger partial charge in [-0.25, -0.2) is 8.42 Å². The van der Waals surface area contributed by atoms with E-state index in [0.29, 0.717) is 23.8 Å². The van der Waals surface area contributed by atoms with Gasteiger partial charge >= 0.3 is 0 Å². The van der Waals surface area contributed by atoms with Crippen molar-refractivity contribution < 1.29 is 13.2 Å². The van der Waals surface area contributed by atoms with E-state index in [-0.39, 0.29) is 12.1 Å². The van der Waals surface area contributed by atoms with E-state index in [2.05, 4.69) is 0 Å². The lowest BCUT2D eigenvalue weighted by Gasteiger charge is -2.36. The fraction of sp³-hybridized carbons (Fsp3) is 0.600. The summed E-state index contributed by atoms with van der Waals surface area (Å²) < 4.78 is 32.5. The standard InChI is InChI=1S/C15H24N2O3S/c1-3-20-13-7-9-14(10-8-13)21(18,19)17-11-5-4-6-15(17)12(2)16/h7-10,12,15H,3-6,11,16H2,1-2H3. The van der Waals surface area contributed by atoms with Gasteiger partial charge in [0.05, 0.1) is 11.5 Å². The highest BCUT2D eigenvalue weighted by Crippen LogP contribution is 2.27. The van der Waals surface area contributed by atoms with Crippen molar-refractivity contribution in [2.45, 2.75) is 50.1 Å². The molecule has 118 valence electrons. The van der Waals surface area contributed by atoms with E-state index in [1.165, 1.54) is 0 Å². The summed E-state index contributed by atoms with van der Waals surface area (Å²) in [5.74, 6) is 0.679. The molecule has 1 aliphatic heterocycles. The Labute approximate surface area is 127 Å². The fourth-order valence-electron chi connectivity index (χ4n) is 2.76. The molecule has 2 unspecified atom stereocenters. The van der Waals surface area contributed by atoms with Crippen molar-refractivity contribution in [1.82, 2.24) is 4.31 Å². The smallest absolute Gasteiger partial charge is 0.243 e. The first-order valence-electron chi connectivity index (χ1n) is 7.47. The number of rotatable bonds is 5. The third-order valence-electron chi connectivity index (χ3n) is 3.85. The molecular formula is C15H24N2O3S. The quantitative estimate of drug-likeness (QED) is 0.902. The third-order valence-corrected chi connectivity index (χ3v) is 5.79. The molecule has 0 amide bonds. The summed E-state index contributed by atoms with van der Waals surface area (Å²) in [6.45, 7) is 4.87. The Morgan fingerprint density at radius 2 is 2.00 bits per heavy atom. The van der Waals surface area contributed by atoms with Gasteiger partial charge in [-0.05, 0) is 51.0 Å². The first-order chi connectivity index (χ1) is 9.96. The number of hydrogen-bond donors (Lipinski definition) is 1. The lowest BCUT2D eigenvalue weighted by atomic mass is 10.00. The molecule has 0 saturated carbocycles. The number of hydrogen-bond acceptors (Lipinski definition) is 4. The number of nitrogens with two attached hydrogens (primary N) is 1. The van der Waals surface area contributed by atoms with Crippen molar-refractivity contribution in [3.05, 3.63) is 24.3 Å². The normalized spacial score (nSPS) is 22.0. The summed E-state index contributed by atoms with van der Waals surface area (Å²) in [5.41, 5.74) is 5.97. The highest BCUT2D eigenvalue weighted by molar-refractivity contribution is 7.89. The molecule has 1 saturated heterocycles. The van der Waals surface area contributed by atoms with Crippen LogP contribution >= 0.6 is 0 Å². The first-order valence-corrected chi connectivity index (χ1v) is 8.91. The molecule has 0 bridgehead atoms. The van der Waals surface area contributed by atoms with Crippen molar-refractivity contribution in [2.75, 3.05) is 13.2 Å². The Bertz CT molecular complexity index is 555. The van der Waals surface area contributed by atoms with Gasteiger partial charge in [-0.2, -0.15) is 4.31 Å². The highest BCUT2D eigenvalue weighted by atomic mass is 32.2. The number of piperidine rings is 1. The second kappa shape index (κ2) is 6.77. The van der Waals surface area contributed by atoms with Crippen LogP contribution in [-0.4, -0.2) is 38.0 Å². The summed E-state index contributed by atoms with van der Waals surface area (Å²) in [4.78, 5) is 0.304. The molecule has 2 N–H and O–H groups in total. The van der Waals surface area contributed by atoms with E-state index in [9.17, 15) is 8.42 Å². The summed E-state index contributed by atoms with van der Waals surface area (Å²) in [6, 6.07) is 6.32. The monoisotopic (exact) mass is 312 g/mol. The molecule has 1 fully saturated rings. The van der Waals surface area contributed by atoms with Crippen LogP contribution in [0.1, 0.15) is 33.1 Å². The summed E-state index contributed by atoms with van der Waals surface area (Å²) in [7, 11) is -3.49. The molecule has 0 spiro atoms. The van der Waals surface area contributed by atoms with Gasteiger partial charge in [-0.3, -0.25) is 0 Å². The van der Waals surface area contributed by atoms with Gasteiger partial charge in [-0.1, -0.05) is 6.42 Å². The van der Waals surface area contributed by atoms with E-state index in [1.807, 2.05) is 13.8 Å². The second-order valence-electron chi connectivity index (χ2n) is 5.44. The summed E-state index contributed by atoms with van der Waals surface area (Å²) in [6.07, 6.45) is 2.74. The lowest BCUT2D eigenvalue weighted by Crippen LogP contribution is -2.51. The van der Waals surface area contributed by atoms with Gasteiger partial charge in [0.15, 0.2) is 0 Å². The average molecular weight is 312 g/mol. The van der Waals surface area contributed by atoms with E-state index >= 15 is 0 Å². The number of sulfonamides is 1. The maximum atomic E-state index is 12.8. The number of nitrogens with zero attached hydrogens (tertiary/aromatic N) is 1. The molecule has 21 heavy (non-hydrogen) atoms. The Morgan fingerprint density at radius 3 is 2.57 bits per heavy atom. The van der Waals surface area contributed by atoms with E-state index < -0.39 is 10.0 Å². The molecule has 2 atom stereocenters. The predicted molar refractivity (Wildman–Crippen MR) is 82.8 cm³/mol. The van der Waals surface area contributed by atoms with Crippen LogP contribution in [0.4, 0.5) is 0 Å². The fourth-order valence-corrected chi connectivity index (χ4v) is 4.54. The Hall–Kier alpha value is -1.11. The van der Waals surface area contributed by atoms with Crippen LogP contribution in [0.15, 0.2) is 29.2 Å². The lowest BCUT2D eigenvalue weighted by molar-refractivity contribution is 0.227. The van der Waals surface area contributed by atoms with Crippen molar-refractivity contribution in [3.8, 4) is 5.75 Å². The predicted octanol–water partition coefficient (Wildman–Crippen LogP) is 1.98. The zero-order valence-electron chi connectivity index (χ0n) is 12.7. The minimum absolute atomic E-state index is 0.115. The Morgan fingerprint density at radius 1 is 1.33 bits per heavy atom. The van der Waals surface area contributed by atoms with Crippen LogP contribution < -0.4 is 10.5 Å². The van der Waals surface area contributed by atoms with Crippen LogP contribution in [0, 0.1) is 0 Å². The molecule has 2 rings (SSSR count). The van der Waals surface area contributed by atoms with Gasteiger partial charge in [-0.15, -0.1) is 0 Å². The molecule has 1 heterocycles. The molecule has 5 nitrogen and oxygen atoms in total. The first kappa shape index (κ1) is 16.3. The third kappa shape index (κ3) is 3.56. The average Bonchev–Trinajstić information content (AvgIpc) is 2.48. The van der Waals surface area contributed by atoms with Crippen molar-refractivity contribution in [1.29, 1.82) is 0 Å². The van der Waals surface area contributed by atoms with Gasteiger partial charge in [0.25, 0.3) is 0 Å². The van der Waals surface area contributed by atoms with E-state index in [0.717, 1.165) is 19.3 Å². The topological polar surface area (TPSA) is 72.6 Å². The molecular weight excluding hydrogens is 288 g/mol. The zero-order valence-corrected chi connectivity index (χ0v) is 13.5. The van der Waals surface area contributed by atoms with Crippen molar-refractivity contribution in [3.63, 3.8) is 0 Å². The van der Waals surface area contributed by atoms with Gasteiger partial charge in [0.1, 0.15) is 5.75 Å². The minimum Gasteiger partial charge on any atom is -0.494 e. The van der Waals surface area contributed by atoms with Crippen LogP contribution in [0.5, 0.6) is 5.75 Å². The summed E-state index contributed by atoms with van der Waals surface area (Å²) >= 11 is 0. The van der Waals surface area contributed by atoms with Crippen LogP contribution in [-0.2, 0) is 10.0 Å². The van der Waals surface area contributed by atoms with Gasteiger partial charge in [0, 0.05) is 18.6 Å². The largest absolute Gasteiger partial charge is 0.494 e. The molecule has 1 aromatic carbocycles. The van der Waals surface area contributed by atoms with Crippen LogP contribution in [0.2, 0.25) is 0 Å². The molecule has 0 radical (unpaired) electrons. The molecule has 1 aliphatic rings. The summed E-state index contributed by atoms with van der Waals surface area (Å²) in [5, 5.41) is 0. The van der Waals surface area contributed by atoms with Crippen molar-refractivity contribution >= 4 is 10.0 Å². The minimum atomic E-state index is -3.49. The van der Waals surface area contributed by atoms with Crippen molar-refractivity contribution in [2.24, 2.45) is 5.73 Å². The number of benzene rings is 1. The Kier molecular flexibility index (Phi) is 5.24. The SMILES string of the molecule is CCOc1ccc(S(=O)(=O)N2CCCCC2C(C)N)cc1. The van der Waals surface area contributed by atoms with Crippen LogP contribution in [0.25, 0.3) is 0 Å². The van der Waals surface area contributed by atoms with Gasteiger partial charge in [0.2, 0.25) is 10.0 Å². The van der Waals surface area contributed by atoms with Gasteiger partial charge < -0.3 is 10.5 Å². The molecule has 1 aromatic rings. The zero-order chi connectivity index (χ0) is 15.5.